The van der Waals surface area contributed by atoms with Crippen LogP contribution in [-0.2, 0) is 24.3 Å². The van der Waals surface area contributed by atoms with E-state index in [1.54, 1.807) is 13.8 Å². The van der Waals surface area contributed by atoms with Gasteiger partial charge in [0.2, 0.25) is 10.0 Å². The van der Waals surface area contributed by atoms with Crippen molar-refractivity contribution in [1.29, 1.82) is 0 Å². The molecular formula is C21H32N2O5S. The van der Waals surface area contributed by atoms with Crippen LogP contribution in [0.4, 0.5) is 0 Å². The molecule has 1 aliphatic carbocycles. The van der Waals surface area contributed by atoms with Crippen LogP contribution >= 0.6 is 0 Å². The van der Waals surface area contributed by atoms with Crippen LogP contribution in [0.3, 0.4) is 0 Å². The van der Waals surface area contributed by atoms with Crippen molar-refractivity contribution in [3.8, 4) is 0 Å². The fourth-order valence-electron chi connectivity index (χ4n) is 3.79. The summed E-state index contributed by atoms with van der Waals surface area (Å²) < 4.78 is 33.0. The molecule has 0 unspecified atom stereocenters. The van der Waals surface area contributed by atoms with Crippen molar-refractivity contribution in [2.45, 2.75) is 77.7 Å². The van der Waals surface area contributed by atoms with Gasteiger partial charge in [-0.25, -0.2) is 13.1 Å². The fraction of sp³-hybridized carbons (Fsp3) is 0.619. The predicted octanol–water partition coefficient (Wildman–Crippen LogP) is 2.50. The van der Waals surface area contributed by atoms with Crippen LogP contribution in [-0.4, -0.2) is 39.5 Å². The van der Waals surface area contributed by atoms with Gasteiger partial charge in [0.05, 0.1) is 11.3 Å². The van der Waals surface area contributed by atoms with Crippen LogP contribution < -0.4 is 10.0 Å². The number of amides is 1. The SMILES string of the molecule is Cc1c(C)c(C)c(S(=O)(=O)NCCC(=O)OCC(=O)NC2CCCC2)c(C)c1C. The van der Waals surface area contributed by atoms with E-state index in [2.05, 4.69) is 10.0 Å². The van der Waals surface area contributed by atoms with Gasteiger partial charge in [0.25, 0.3) is 5.91 Å². The zero-order valence-electron chi connectivity index (χ0n) is 18.0. The number of nitrogens with one attached hydrogen (secondary N) is 2. The molecule has 0 aliphatic heterocycles. The number of hydrogen-bond donors (Lipinski definition) is 2. The van der Waals surface area contributed by atoms with Gasteiger partial charge in [-0.15, -0.1) is 0 Å². The summed E-state index contributed by atoms with van der Waals surface area (Å²) in [5, 5.41) is 2.84. The van der Waals surface area contributed by atoms with Gasteiger partial charge in [-0.3, -0.25) is 9.59 Å². The number of carbonyl (C=O) groups is 2. The molecule has 1 aromatic rings. The van der Waals surface area contributed by atoms with Crippen LogP contribution in [0, 0.1) is 34.6 Å². The zero-order chi connectivity index (χ0) is 21.8. The average Bonchev–Trinajstić information content (AvgIpc) is 3.16. The standard InChI is InChI=1S/C21H32N2O5S/c1-13-14(2)16(4)21(17(5)15(13)3)29(26,27)22-11-10-20(25)28-12-19(24)23-18-8-6-7-9-18/h18,22H,6-12H2,1-5H3,(H,23,24). The summed E-state index contributed by atoms with van der Waals surface area (Å²) in [6.07, 6.45) is 3.97. The highest BCUT2D eigenvalue weighted by molar-refractivity contribution is 7.89. The monoisotopic (exact) mass is 424 g/mol. The Bertz CT molecular complexity index is 858. The summed E-state index contributed by atoms with van der Waals surface area (Å²) in [4.78, 5) is 23.9. The molecule has 0 saturated heterocycles. The first-order valence-electron chi connectivity index (χ1n) is 10.1. The molecule has 2 rings (SSSR count). The van der Waals surface area contributed by atoms with Gasteiger partial charge in [-0.05, 0) is 75.3 Å². The van der Waals surface area contributed by atoms with Gasteiger partial charge in [0, 0.05) is 12.6 Å². The molecule has 0 atom stereocenters. The first kappa shape index (κ1) is 23.3. The summed E-state index contributed by atoms with van der Waals surface area (Å²) in [7, 11) is -3.76. The van der Waals surface area contributed by atoms with Crippen molar-refractivity contribution in [2.75, 3.05) is 13.2 Å². The quantitative estimate of drug-likeness (QED) is 0.625. The summed E-state index contributed by atoms with van der Waals surface area (Å²) in [6, 6.07) is 0.168. The van der Waals surface area contributed by atoms with Crippen LogP contribution in [0.2, 0.25) is 0 Å². The second kappa shape index (κ2) is 9.71. The Morgan fingerprint density at radius 2 is 1.45 bits per heavy atom. The molecule has 29 heavy (non-hydrogen) atoms. The van der Waals surface area contributed by atoms with E-state index in [1.165, 1.54) is 0 Å². The Labute approximate surface area is 173 Å². The van der Waals surface area contributed by atoms with E-state index >= 15 is 0 Å². The largest absolute Gasteiger partial charge is 0.456 e. The Balaban J connectivity index is 1.88. The number of carbonyl (C=O) groups excluding carboxylic acids is 2. The van der Waals surface area contributed by atoms with Crippen molar-refractivity contribution >= 4 is 21.9 Å². The molecule has 7 nitrogen and oxygen atoms in total. The molecule has 8 heteroatoms. The van der Waals surface area contributed by atoms with E-state index in [1.807, 2.05) is 20.8 Å². The molecule has 0 spiro atoms. The predicted molar refractivity (Wildman–Crippen MR) is 111 cm³/mol. The van der Waals surface area contributed by atoms with E-state index in [4.69, 9.17) is 4.74 Å². The molecular weight excluding hydrogens is 392 g/mol. The molecule has 0 aromatic heterocycles. The van der Waals surface area contributed by atoms with Crippen molar-refractivity contribution in [3.63, 3.8) is 0 Å². The maximum Gasteiger partial charge on any atom is 0.307 e. The maximum atomic E-state index is 12.8. The minimum Gasteiger partial charge on any atom is -0.456 e. The Hall–Kier alpha value is -1.93. The van der Waals surface area contributed by atoms with Crippen molar-refractivity contribution < 1.29 is 22.7 Å². The normalized spacial score (nSPS) is 14.8. The van der Waals surface area contributed by atoms with Gasteiger partial charge in [-0.1, -0.05) is 12.8 Å². The summed E-state index contributed by atoms with van der Waals surface area (Å²) >= 11 is 0. The van der Waals surface area contributed by atoms with Crippen molar-refractivity contribution in [2.24, 2.45) is 0 Å². The topological polar surface area (TPSA) is 102 Å². The van der Waals surface area contributed by atoms with Crippen LogP contribution in [0.15, 0.2) is 4.90 Å². The molecule has 1 aliphatic rings. The molecule has 1 saturated carbocycles. The highest BCUT2D eigenvalue weighted by Gasteiger charge is 2.24. The first-order chi connectivity index (χ1) is 13.5. The summed E-state index contributed by atoms with van der Waals surface area (Å²) in [5.41, 5.74) is 4.40. The molecule has 0 heterocycles. The van der Waals surface area contributed by atoms with Crippen molar-refractivity contribution in [3.05, 3.63) is 27.8 Å². The maximum absolute atomic E-state index is 12.8. The van der Waals surface area contributed by atoms with Gasteiger partial charge >= 0.3 is 5.97 Å². The number of sulfonamides is 1. The molecule has 162 valence electrons. The molecule has 1 aromatic carbocycles. The van der Waals surface area contributed by atoms with Crippen LogP contribution in [0.5, 0.6) is 0 Å². The Morgan fingerprint density at radius 1 is 0.931 bits per heavy atom. The minimum absolute atomic E-state index is 0.0870. The molecule has 0 radical (unpaired) electrons. The number of esters is 1. The number of ether oxygens (including phenoxy) is 1. The van der Waals surface area contributed by atoms with Gasteiger partial charge in [0.1, 0.15) is 0 Å². The minimum atomic E-state index is -3.76. The number of benzene rings is 1. The summed E-state index contributed by atoms with van der Waals surface area (Å²) in [5.74, 6) is -0.929. The Morgan fingerprint density at radius 3 is 2.00 bits per heavy atom. The Kier molecular flexibility index (Phi) is 7.82. The van der Waals surface area contributed by atoms with E-state index in [-0.39, 0.29) is 36.4 Å². The lowest BCUT2D eigenvalue weighted by Crippen LogP contribution is -2.36. The first-order valence-corrected chi connectivity index (χ1v) is 11.5. The fourth-order valence-corrected chi connectivity index (χ4v) is 5.41. The number of hydrogen-bond acceptors (Lipinski definition) is 5. The van der Waals surface area contributed by atoms with E-state index in [0.717, 1.165) is 42.4 Å². The average molecular weight is 425 g/mol. The van der Waals surface area contributed by atoms with Gasteiger partial charge < -0.3 is 10.1 Å². The second-order valence-electron chi connectivity index (χ2n) is 7.81. The zero-order valence-corrected chi connectivity index (χ0v) is 18.8. The van der Waals surface area contributed by atoms with Crippen LogP contribution in [0.1, 0.15) is 59.9 Å². The van der Waals surface area contributed by atoms with E-state index in [0.29, 0.717) is 11.1 Å². The van der Waals surface area contributed by atoms with E-state index < -0.39 is 16.0 Å². The second-order valence-corrected chi connectivity index (χ2v) is 9.52. The van der Waals surface area contributed by atoms with E-state index in [9.17, 15) is 18.0 Å². The third kappa shape index (κ3) is 5.79. The highest BCUT2D eigenvalue weighted by atomic mass is 32.2. The van der Waals surface area contributed by atoms with Gasteiger partial charge in [0.15, 0.2) is 6.61 Å². The third-order valence-corrected chi connectivity index (χ3v) is 7.64. The molecule has 1 amide bonds. The van der Waals surface area contributed by atoms with Gasteiger partial charge in [-0.2, -0.15) is 0 Å². The lowest BCUT2D eigenvalue weighted by molar-refractivity contribution is -0.148. The molecule has 0 bridgehead atoms. The van der Waals surface area contributed by atoms with Crippen molar-refractivity contribution in [1.82, 2.24) is 10.0 Å². The smallest absolute Gasteiger partial charge is 0.307 e. The number of rotatable bonds is 8. The molecule has 1 fully saturated rings. The highest BCUT2D eigenvalue weighted by Crippen LogP contribution is 2.29. The third-order valence-electron chi connectivity index (χ3n) is 5.91. The molecule has 2 N–H and O–H groups in total. The lowest BCUT2D eigenvalue weighted by atomic mass is 9.95. The summed E-state index contributed by atoms with van der Waals surface area (Å²) in [6.45, 7) is 8.95. The van der Waals surface area contributed by atoms with Crippen LogP contribution in [0.25, 0.3) is 0 Å². The lowest BCUT2D eigenvalue weighted by Gasteiger charge is -2.19.